The summed E-state index contributed by atoms with van der Waals surface area (Å²) in [5, 5.41) is 20.4. The molecular weight excluding hydrogens is 421 g/mol. The largest absolute Gasteiger partial charge is 0.508 e. The number of hydrogen-bond acceptors (Lipinski definition) is 5. The van der Waals surface area contributed by atoms with Crippen LogP contribution in [0.4, 0.5) is 16.0 Å². The number of allylic oxidation sites excluding steroid dienone is 1. The summed E-state index contributed by atoms with van der Waals surface area (Å²) >= 11 is 0. The minimum Gasteiger partial charge on any atom is -0.508 e. The molecule has 3 aromatic carbocycles. The highest BCUT2D eigenvalue weighted by Gasteiger charge is 2.34. The monoisotopic (exact) mass is 441 g/mol. The molecule has 1 atom stereocenters. The molecule has 33 heavy (non-hydrogen) atoms. The van der Waals surface area contributed by atoms with Crippen molar-refractivity contribution in [2.45, 2.75) is 13.0 Å². The van der Waals surface area contributed by atoms with Crippen molar-refractivity contribution in [3.8, 4) is 17.1 Å². The van der Waals surface area contributed by atoms with Crippen LogP contribution in [0.1, 0.15) is 18.5 Å². The highest BCUT2D eigenvalue weighted by molar-refractivity contribution is 6.06. The Labute approximate surface area is 189 Å². The first kappa shape index (κ1) is 20.4. The van der Waals surface area contributed by atoms with Gasteiger partial charge in [-0.15, -0.1) is 5.10 Å². The number of phenols is 1. The van der Waals surface area contributed by atoms with Crippen LogP contribution < -0.4 is 10.6 Å². The first-order valence-corrected chi connectivity index (χ1v) is 10.4. The Bertz CT molecular complexity index is 1350. The maximum Gasteiger partial charge on any atom is 0.255 e. The van der Waals surface area contributed by atoms with E-state index in [1.807, 2.05) is 18.2 Å². The standard InChI is InChI=1S/C25H20FN5O2/c1-15-21(24(33)28-19-5-3-2-4-6-19)22(16-7-11-18(26)12-8-16)31-25(27-15)29-23(30-31)17-9-13-20(32)14-10-17/h2-14,22,32H,1H3,(H,28,33)(H,27,29,30). The molecule has 2 heterocycles. The number of aromatic nitrogens is 3. The number of para-hydroxylation sites is 1. The van der Waals surface area contributed by atoms with Gasteiger partial charge in [-0.25, -0.2) is 9.07 Å². The number of rotatable bonds is 4. The summed E-state index contributed by atoms with van der Waals surface area (Å²) in [7, 11) is 0. The highest BCUT2D eigenvalue weighted by atomic mass is 19.1. The van der Waals surface area contributed by atoms with E-state index < -0.39 is 6.04 Å². The van der Waals surface area contributed by atoms with Crippen LogP contribution in [0.3, 0.4) is 0 Å². The third-order valence-corrected chi connectivity index (χ3v) is 5.44. The Hall–Kier alpha value is -4.46. The van der Waals surface area contributed by atoms with Crippen molar-refractivity contribution in [2.75, 3.05) is 10.6 Å². The van der Waals surface area contributed by atoms with Crippen LogP contribution in [0.15, 0.2) is 90.1 Å². The number of carbonyl (C=O) groups is 1. The molecule has 1 aromatic heterocycles. The molecule has 3 N–H and O–H groups in total. The van der Waals surface area contributed by atoms with Gasteiger partial charge < -0.3 is 15.7 Å². The van der Waals surface area contributed by atoms with Crippen molar-refractivity contribution >= 4 is 17.5 Å². The fraction of sp³-hybridized carbons (Fsp3) is 0.0800. The van der Waals surface area contributed by atoms with E-state index >= 15 is 0 Å². The lowest BCUT2D eigenvalue weighted by Crippen LogP contribution is -2.31. The summed E-state index contributed by atoms with van der Waals surface area (Å²) in [4.78, 5) is 18.0. The topological polar surface area (TPSA) is 92.1 Å². The molecule has 0 saturated heterocycles. The maximum atomic E-state index is 13.7. The minimum atomic E-state index is -0.621. The lowest BCUT2D eigenvalue weighted by atomic mass is 9.95. The highest BCUT2D eigenvalue weighted by Crippen LogP contribution is 2.37. The number of fused-ring (bicyclic) bond motifs is 1. The molecule has 8 heteroatoms. The molecule has 7 nitrogen and oxygen atoms in total. The summed E-state index contributed by atoms with van der Waals surface area (Å²) < 4.78 is 15.3. The Morgan fingerprint density at radius 3 is 2.42 bits per heavy atom. The molecule has 0 saturated carbocycles. The van der Waals surface area contributed by atoms with Crippen LogP contribution in [-0.4, -0.2) is 25.8 Å². The van der Waals surface area contributed by atoms with Gasteiger partial charge in [0.25, 0.3) is 5.91 Å². The number of phenolic OH excluding ortho intramolecular Hbond substituents is 1. The summed E-state index contributed by atoms with van der Waals surface area (Å²) in [6.45, 7) is 1.80. The van der Waals surface area contributed by atoms with E-state index in [1.165, 1.54) is 12.1 Å². The molecule has 0 radical (unpaired) electrons. The van der Waals surface area contributed by atoms with Gasteiger partial charge in [0.15, 0.2) is 5.82 Å². The van der Waals surface area contributed by atoms with Crippen molar-refractivity contribution in [3.05, 3.63) is 102 Å². The van der Waals surface area contributed by atoms with Gasteiger partial charge in [-0.05, 0) is 61.0 Å². The van der Waals surface area contributed by atoms with Gasteiger partial charge in [0.05, 0.1) is 5.57 Å². The average molecular weight is 441 g/mol. The molecule has 164 valence electrons. The number of anilines is 2. The third kappa shape index (κ3) is 3.94. The van der Waals surface area contributed by atoms with Crippen LogP contribution in [0.5, 0.6) is 5.75 Å². The average Bonchev–Trinajstić information content (AvgIpc) is 3.23. The van der Waals surface area contributed by atoms with Crippen molar-refractivity contribution in [1.29, 1.82) is 0 Å². The van der Waals surface area contributed by atoms with E-state index in [9.17, 15) is 14.3 Å². The van der Waals surface area contributed by atoms with Crippen molar-refractivity contribution in [3.63, 3.8) is 0 Å². The number of amides is 1. The van der Waals surface area contributed by atoms with Crippen LogP contribution >= 0.6 is 0 Å². The zero-order valence-corrected chi connectivity index (χ0v) is 17.7. The second-order valence-electron chi connectivity index (χ2n) is 7.69. The lowest BCUT2D eigenvalue weighted by Gasteiger charge is -2.28. The van der Waals surface area contributed by atoms with Gasteiger partial charge in [0.1, 0.15) is 17.6 Å². The van der Waals surface area contributed by atoms with E-state index in [0.29, 0.717) is 39.9 Å². The van der Waals surface area contributed by atoms with Gasteiger partial charge in [0, 0.05) is 16.9 Å². The summed E-state index contributed by atoms with van der Waals surface area (Å²) in [6.07, 6.45) is 0. The van der Waals surface area contributed by atoms with Crippen LogP contribution in [0.2, 0.25) is 0 Å². The molecule has 1 aliphatic heterocycles. The fourth-order valence-electron chi connectivity index (χ4n) is 3.85. The van der Waals surface area contributed by atoms with Crippen LogP contribution in [0.25, 0.3) is 11.4 Å². The third-order valence-electron chi connectivity index (χ3n) is 5.44. The van der Waals surface area contributed by atoms with E-state index in [4.69, 9.17) is 0 Å². The molecule has 1 aliphatic rings. The number of aromatic hydroxyl groups is 1. The fourth-order valence-corrected chi connectivity index (χ4v) is 3.85. The van der Waals surface area contributed by atoms with E-state index in [2.05, 4.69) is 20.7 Å². The van der Waals surface area contributed by atoms with Gasteiger partial charge in [-0.1, -0.05) is 30.3 Å². The molecule has 0 fully saturated rings. The van der Waals surface area contributed by atoms with E-state index in [-0.39, 0.29) is 17.5 Å². The zero-order valence-electron chi connectivity index (χ0n) is 17.7. The molecule has 5 rings (SSSR count). The summed E-state index contributed by atoms with van der Waals surface area (Å²) in [5.74, 6) is 0.367. The SMILES string of the molecule is CC1=C(C(=O)Nc2ccccc2)C(c2ccc(F)cc2)n2nc(-c3ccc(O)cc3)nc2N1. The van der Waals surface area contributed by atoms with Crippen LogP contribution in [-0.2, 0) is 4.79 Å². The van der Waals surface area contributed by atoms with Crippen molar-refractivity contribution < 1.29 is 14.3 Å². The molecule has 1 unspecified atom stereocenters. The summed E-state index contributed by atoms with van der Waals surface area (Å²) in [5.41, 5.74) is 3.13. The second-order valence-corrected chi connectivity index (χ2v) is 7.69. The minimum absolute atomic E-state index is 0.141. The van der Waals surface area contributed by atoms with Gasteiger partial charge in [0.2, 0.25) is 5.95 Å². The van der Waals surface area contributed by atoms with Crippen LogP contribution in [0, 0.1) is 5.82 Å². The number of nitrogens with one attached hydrogen (secondary N) is 2. The van der Waals surface area contributed by atoms with Gasteiger partial charge >= 0.3 is 0 Å². The normalized spacial score (nSPS) is 15.0. The predicted molar refractivity (Wildman–Crippen MR) is 123 cm³/mol. The number of halogens is 1. The van der Waals surface area contributed by atoms with Crippen molar-refractivity contribution in [2.24, 2.45) is 0 Å². The smallest absolute Gasteiger partial charge is 0.255 e. The Morgan fingerprint density at radius 2 is 1.73 bits per heavy atom. The number of benzene rings is 3. The first-order valence-electron chi connectivity index (χ1n) is 10.4. The van der Waals surface area contributed by atoms with Gasteiger partial charge in [-0.2, -0.15) is 4.98 Å². The molecule has 0 aliphatic carbocycles. The predicted octanol–water partition coefficient (Wildman–Crippen LogP) is 4.72. The quantitative estimate of drug-likeness (QED) is 0.426. The van der Waals surface area contributed by atoms with Crippen molar-refractivity contribution in [1.82, 2.24) is 14.8 Å². The maximum absolute atomic E-state index is 13.7. The van der Waals surface area contributed by atoms with E-state index in [0.717, 1.165) is 0 Å². The Morgan fingerprint density at radius 1 is 1.03 bits per heavy atom. The molecular formula is C25H20FN5O2. The number of hydrogen-bond donors (Lipinski definition) is 3. The second kappa shape index (κ2) is 8.23. The molecule has 0 spiro atoms. The zero-order chi connectivity index (χ0) is 22.9. The Balaban J connectivity index is 1.60. The molecule has 4 aromatic rings. The summed E-state index contributed by atoms with van der Waals surface area (Å²) in [6, 6.07) is 21.1. The number of nitrogens with zero attached hydrogens (tertiary/aromatic N) is 3. The lowest BCUT2D eigenvalue weighted by molar-refractivity contribution is -0.113. The molecule has 1 amide bonds. The Kier molecular flexibility index (Phi) is 5.10. The molecule has 0 bridgehead atoms. The number of carbonyl (C=O) groups excluding carboxylic acids is 1. The first-order chi connectivity index (χ1) is 16.0. The van der Waals surface area contributed by atoms with E-state index in [1.54, 1.807) is 60.1 Å². The van der Waals surface area contributed by atoms with Gasteiger partial charge in [-0.3, -0.25) is 4.79 Å².